The van der Waals surface area contributed by atoms with Gasteiger partial charge in [-0.3, -0.25) is 4.79 Å². The van der Waals surface area contributed by atoms with Gasteiger partial charge in [0.2, 0.25) is 15.8 Å². The van der Waals surface area contributed by atoms with Gasteiger partial charge in [-0.1, -0.05) is 36.4 Å². The van der Waals surface area contributed by atoms with Crippen LogP contribution in [-0.4, -0.2) is 14.2 Å². The molecule has 4 nitrogen and oxygen atoms in total. The van der Waals surface area contributed by atoms with Crippen molar-refractivity contribution in [3.05, 3.63) is 86.7 Å². The van der Waals surface area contributed by atoms with Crippen molar-refractivity contribution >= 4 is 49.3 Å². The molecule has 0 radical (unpaired) electrons. The fourth-order valence-electron chi connectivity index (χ4n) is 2.71. The quantitative estimate of drug-likeness (QED) is 0.467. The summed E-state index contributed by atoms with van der Waals surface area (Å²) in [6, 6.07) is 19.8. The summed E-state index contributed by atoms with van der Waals surface area (Å²) in [6.45, 7) is 0.150. The summed E-state index contributed by atoms with van der Waals surface area (Å²) >= 11 is 2.70. The molecule has 27 heavy (non-hydrogen) atoms. The minimum atomic E-state index is -3.63. The van der Waals surface area contributed by atoms with Gasteiger partial charge < -0.3 is 0 Å². The van der Waals surface area contributed by atoms with Crippen molar-refractivity contribution in [2.75, 3.05) is 0 Å². The first-order valence-electron chi connectivity index (χ1n) is 8.18. The smallest absolute Gasteiger partial charge is 0.240 e. The lowest BCUT2D eigenvalue weighted by Crippen LogP contribution is -2.22. The molecule has 136 valence electrons. The van der Waals surface area contributed by atoms with E-state index in [1.165, 1.54) is 22.7 Å². The molecule has 4 rings (SSSR count). The second kappa shape index (κ2) is 7.36. The van der Waals surface area contributed by atoms with Crippen molar-refractivity contribution in [3.8, 4) is 0 Å². The molecule has 2 aromatic carbocycles. The van der Waals surface area contributed by atoms with Gasteiger partial charge in [0.25, 0.3) is 0 Å². The molecule has 0 aliphatic heterocycles. The van der Waals surface area contributed by atoms with E-state index in [-0.39, 0.29) is 17.2 Å². The SMILES string of the molecule is O=C(c1cccs1)c1ccc(CNS(=O)(=O)c2ccc3ccccc3c2)s1. The van der Waals surface area contributed by atoms with Crippen LogP contribution in [-0.2, 0) is 16.6 Å². The van der Waals surface area contributed by atoms with E-state index in [1.54, 1.807) is 36.4 Å². The molecule has 2 aromatic heterocycles. The predicted molar refractivity (Wildman–Crippen MR) is 110 cm³/mol. The highest BCUT2D eigenvalue weighted by atomic mass is 32.2. The van der Waals surface area contributed by atoms with Crippen LogP contribution in [0.2, 0.25) is 0 Å². The molecule has 1 N–H and O–H groups in total. The van der Waals surface area contributed by atoms with Gasteiger partial charge >= 0.3 is 0 Å². The van der Waals surface area contributed by atoms with E-state index in [0.29, 0.717) is 9.75 Å². The number of fused-ring (bicyclic) bond motifs is 1. The maximum absolute atomic E-state index is 12.6. The van der Waals surface area contributed by atoms with Gasteiger partial charge in [0.05, 0.1) is 14.6 Å². The summed E-state index contributed by atoms with van der Waals surface area (Å²) in [5.41, 5.74) is 0. The monoisotopic (exact) mass is 413 g/mol. The Hall–Kier alpha value is -2.32. The summed E-state index contributed by atoms with van der Waals surface area (Å²) in [5.74, 6) is -0.0290. The Morgan fingerprint density at radius 2 is 1.70 bits per heavy atom. The van der Waals surface area contributed by atoms with Gasteiger partial charge in [0, 0.05) is 11.4 Å². The third-order valence-electron chi connectivity index (χ3n) is 4.10. The lowest BCUT2D eigenvalue weighted by molar-refractivity contribution is 0.104. The molecule has 0 bridgehead atoms. The number of carbonyl (C=O) groups is 1. The predicted octanol–water partition coefficient (Wildman–Crippen LogP) is 4.67. The minimum Gasteiger partial charge on any atom is -0.287 e. The maximum atomic E-state index is 12.6. The summed E-state index contributed by atoms with van der Waals surface area (Å²) in [5, 5.41) is 3.73. The molecule has 4 aromatic rings. The molecule has 0 fully saturated rings. The first kappa shape index (κ1) is 18.1. The third kappa shape index (κ3) is 3.86. The van der Waals surface area contributed by atoms with Crippen LogP contribution >= 0.6 is 22.7 Å². The standard InChI is InChI=1S/C20H15NO3S3/c22-20(18-6-3-11-25-18)19-10-8-16(26-19)13-21-27(23,24)17-9-7-14-4-1-2-5-15(14)12-17/h1-12,21H,13H2. The molecule has 0 aliphatic carbocycles. The number of nitrogens with one attached hydrogen (secondary N) is 1. The molecule has 0 amide bonds. The van der Waals surface area contributed by atoms with Crippen LogP contribution in [0.3, 0.4) is 0 Å². The molecule has 0 saturated carbocycles. The first-order valence-corrected chi connectivity index (χ1v) is 11.4. The highest BCUT2D eigenvalue weighted by molar-refractivity contribution is 7.89. The van der Waals surface area contributed by atoms with Crippen LogP contribution < -0.4 is 4.72 Å². The van der Waals surface area contributed by atoms with Crippen LogP contribution in [0, 0.1) is 0 Å². The first-order chi connectivity index (χ1) is 13.0. The summed E-state index contributed by atoms with van der Waals surface area (Å²) < 4.78 is 27.8. The molecular formula is C20H15NO3S3. The van der Waals surface area contributed by atoms with Crippen molar-refractivity contribution in [1.29, 1.82) is 0 Å². The normalized spacial score (nSPS) is 11.7. The molecule has 0 aliphatic rings. The number of ketones is 1. The number of rotatable bonds is 6. The van der Waals surface area contributed by atoms with E-state index in [1.807, 2.05) is 35.7 Å². The van der Waals surface area contributed by atoms with Gasteiger partial charge in [0.15, 0.2) is 0 Å². The number of hydrogen-bond donors (Lipinski definition) is 1. The zero-order chi connectivity index (χ0) is 18.9. The number of benzene rings is 2. The average Bonchev–Trinajstić information content (AvgIpc) is 3.37. The highest BCUT2D eigenvalue weighted by Crippen LogP contribution is 2.23. The second-order valence-electron chi connectivity index (χ2n) is 5.91. The van der Waals surface area contributed by atoms with E-state index in [4.69, 9.17) is 0 Å². The molecule has 0 unspecified atom stereocenters. The van der Waals surface area contributed by atoms with E-state index in [9.17, 15) is 13.2 Å². The summed E-state index contributed by atoms with van der Waals surface area (Å²) in [7, 11) is -3.63. The molecule has 0 saturated heterocycles. The lowest BCUT2D eigenvalue weighted by Gasteiger charge is -2.07. The fourth-order valence-corrected chi connectivity index (χ4v) is 5.49. The lowest BCUT2D eigenvalue weighted by atomic mass is 10.1. The van der Waals surface area contributed by atoms with E-state index in [2.05, 4.69) is 4.72 Å². The number of sulfonamides is 1. The Kier molecular flexibility index (Phi) is 4.92. The van der Waals surface area contributed by atoms with Crippen molar-refractivity contribution < 1.29 is 13.2 Å². The van der Waals surface area contributed by atoms with Crippen LogP contribution in [0.4, 0.5) is 0 Å². The van der Waals surface area contributed by atoms with Crippen LogP contribution in [0.5, 0.6) is 0 Å². The van der Waals surface area contributed by atoms with Gasteiger partial charge in [-0.2, -0.15) is 0 Å². The zero-order valence-electron chi connectivity index (χ0n) is 14.1. The number of hydrogen-bond acceptors (Lipinski definition) is 5. The number of thiophene rings is 2. The average molecular weight is 414 g/mol. The van der Waals surface area contributed by atoms with E-state index >= 15 is 0 Å². The summed E-state index contributed by atoms with van der Waals surface area (Å²) in [4.78, 5) is 14.7. The largest absolute Gasteiger partial charge is 0.287 e. The van der Waals surface area contributed by atoms with Gasteiger partial charge in [-0.15, -0.1) is 22.7 Å². The van der Waals surface area contributed by atoms with Crippen molar-refractivity contribution in [2.45, 2.75) is 11.4 Å². The Bertz CT molecular complexity index is 1210. The van der Waals surface area contributed by atoms with Crippen LogP contribution in [0.25, 0.3) is 10.8 Å². The molecular weight excluding hydrogens is 398 g/mol. The molecule has 7 heteroatoms. The molecule has 0 spiro atoms. The Balaban J connectivity index is 1.49. The van der Waals surface area contributed by atoms with Crippen LogP contribution in [0.1, 0.15) is 19.4 Å². The zero-order valence-corrected chi connectivity index (χ0v) is 16.5. The third-order valence-corrected chi connectivity index (χ3v) is 7.45. The Morgan fingerprint density at radius 1 is 0.889 bits per heavy atom. The van der Waals surface area contributed by atoms with Gasteiger partial charge in [-0.05, 0) is 46.5 Å². The summed E-state index contributed by atoms with van der Waals surface area (Å²) in [6.07, 6.45) is 0. The topological polar surface area (TPSA) is 63.2 Å². The van der Waals surface area contributed by atoms with E-state index < -0.39 is 10.0 Å². The van der Waals surface area contributed by atoms with Gasteiger partial charge in [-0.25, -0.2) is 13.1 Å². The fraction of sp³-hybridized carbons (Fsp3) is 0.0500. The van der Waals surface area contributed by atoms with Crippen molar-refractivity contribution in [3.63, 3.8) is 0 Å². The molecule has 2 heterocycles. The van der Waals surface area contributed by atoms with Crippen molar-refractivity contribution in [1.82, 2.24) is 4.72 Å². The maximum Gasteiger partial charge on any atom is 0.240 e. The Labute approximate surface area is 165 Å². The van der Waals surface area contributed by atoms with Crippen LogP contribution in [0.15, 0.2) is 77.0 Å². The minimum absolute atomic E-state index is 0.0290. The molecule has 0 atom stereocenters. The second-order valence-corrected chi connectivity index (χ2v) is 9.79. The highest BCUT2D eigenvalue weighted by Gasteiger charge is 2.16. The van der Waals surface area contributed by atoms with E-state index in [0.717, 1.165) is 15.6 Å². The van der Waals surface area contributed by atoms with Gasteiger partial charge in [0.1, 0.15) is 0 Å². The van der Waals surface area contributed by atoms with Crippen molar-refractivity contribution in [2.24, 2.45) is 0 Å². The number of carbonyl (C=O) groups excluding carboxylic acids is 1. The Morgan fingerprint density at radius 3 is 2.48 bits per heavy atom.